The number of ether oxygens (including phenoxy) is 1. The molecule has 3 aromatic rings. The zero-order valence-electron chi connectivity index (χ0n) is 14.5. The summed E-state index contributed by atoms with van der Waals surface area (Å²) < 4.78 is 5.75. The number of thiazole rings is 1. The fourth-order valence-electron chi connectivity index (χ4n) is 2.62. The van der Waals surface area contributed by atoms with Crippen LogP contribution in [0.4, 0.5) is 5.13 Å². The van der Waals surface area contributed by atoms with E-state index in [0.29, 0.717) is 6.61 Å². The van der Waals surface area contributed by atoms with Crippen LogP contribution in [0.25, 0.3) is 11.3 Å². The molecule has 1 aliphatic carbocycles. The lowest BCUT2D eigenvalue weighted by Gasteiger charge is -2.04. The van der Waals surface area contributed by atoms with Crippen molar-refractivity contribution in [1.82, 2.24) is 4.98 Å². The van der Waals surface area contributed by atoms with Crippen molar-refractivity contribution in [1.29, 1.82) is 0 Å². The molecule has 1 heterocycles. The van der Waals surface area contributed by atoms with Gasteiger partial charge in [0.05, 0.1) is 18.5 Å². The molecule has 1 fully saturated rings. The third-order valence-corrected chi connectivity index (χ3v) is 4.96. The maximum absolute atomic E-state index is 5.75. The summed E-state index contributed by atoms with van der Waals surface area (Å²) in [6, 6.07) is 18.4. The minimum atomic E-state index is 0.665. The summed E-state index contributed by atoms with van der Waals surface area (Å²) >= 11 is 1.55. The van der Waals surface area contributed by atoms with Crippen LogP contribution in [0.1, 0.15) is 24.0 Å². The maximum atomic E-state index is 5.75. The van der Waals surface area contributed by atoms with E-state index in [1.807, 2.05) is 41.9 Å². The highest BCUT2D eigenvalue weighted by Gasteiger charge is 2.20. The van der Waals surface area contributed by atoms with Gasteiger partial charge in [0.25, 0.3) is 0 Å². The molecule has 0 amide bonds. The number of aromatic nitrogens is 1. The number of hydrazone groups is 1. The van der Waals surface area contributed by atoms with Crippen LogP contribution in [0.5, 0.6) is 0 Å². The Kier molecular flexibility index (Phi) is 5.38. The fraction of sp³-hybridized carbons (Fsp3) is 0.238. The number of anilines is 1. The molecule has 4 rings (SSSR count). The van der Waals surface area contributed by atoms with E-state index in [9.17, 15) is 0 Å². The molecule has 2 aromatic carbocycles. The van der Waals surface area contributed by atoms with Crippen molar-refractivity contribution in [2.24, 2.45) is 11.0 Å². The normalized spacial score (nSPS) is 14.0. The highest BCUT2D eigenvalue weighted by Crippen LogP contribution is 2.29. The average molecular weight is 363 g/mol. The Morgan fingerprint density at radius 2 is 2.04 bits per heavy atom. The van der Waals surface area contributed by atoms with Gasteiger partial charge in [-0.3, -0.25) is 5.43 Å². The molecule has 1 aromatic heterocycles. The minimum Gasteiger partial charge on any atom is -0.376 e. The molecular formula is C21H21N3OS. The van der Waals surface area contributed by atoms with E-state index in [-0.39, 0.29) is 0 Å². The molecule has 0 bridgehead atoms. The largest absolute Gasteiger partial charge is 0.376 e. The van der Waals surface area contributed by atoms with Crippen molar-refractivity contribution in [3.8, 4) is 11.3 Å². The second kappa shape index (κ2) is 8.25. The van der Waals surface area contributed by atoms with E-state index in [0.717, 1.165) is 34.5 Å². The summed E-state index contributed by atoms with van der Waals surface area (Å²) in [5, 5.41) is 7.12. The Morgan fingerprint density at radius 1 is 1.15 bits per heavy atom. The zero-order chi connectivity index (χ0) is 17.6. The Morgan fingerprint density at radius 3 is 2.88 bits per heavy atom. The summed E-state index contributed by atoms with van der Waals surface area (Å²) in [6.07, 6.45) is 4.45. The lowest BCUT2D eigenvalue weighted by Crippen LogP contribution is -1.97. The highest BCUT2D eigenvalue weighted by atomic mass is 32.1. The van der Waals surface area contributed by atoms with Crippen LogP contribution in [0.15, 0.2) is 65.1 Å². The number of hydrogen-bond donors (Lipinski definition) is 1. The van der Waals surface area contributed by atoms with Gasteiger partial charge in [0.2, 0.25) is 5.13 Å². The lowest BCUT2D eigenvalue weighted by molar-refractivity contribution is 0.111. The van der Waals surface area contributed by atoms with Crippen LogP contribution in [0, 0.1) is 5.92 Å². The summed E-state index contributed by atoms with van der Waals surface area (Å²) in [5.41, 5.74) is 7.31. The molecule has 4 nitrogen and oxygen atoms in total. The van der Waals surface area contributed by atoms with Crippen LogP contribution in [0.3, 0.4) is 0 Å². The van der Waals surface area contributed by atoms with Crippen molar-refractivity contribution in [2.75, 3.05) is 12.0 Å². The molecule has 5 heteroatoms. The molecule has 1 aliphatic rings. The zero-order valence-corrected chi connectivity index (χ0v) is 15.3. The van der Waals surface area contributed by atoms with E-state index < -0.39 is 0 Å². The first-order chi connectivity index (χ1) is 12.9. The number of nitrogens with one attached hydrogen (secondary N) is 1. The van der Waals surface area contributed by atoms with E-state index in [4.69, 9.17) is 4.74 Å². The van der Waals surface area contributed by atoms with E-state index in [1.165, 1.54) is 18.4 Å². The van der Waals surface area contributed by atoms with Crippen molar-refractivity contribution in [3.63, 3.8) is 0 Å². The van der Waals surface area contributed by atoms with Crippen LogP contribution < -0.4 is 5.43 Å². The molecule has 1 N–H and O–H groups in total. The topological polar surface area (TPSA) is 46.5 Å². The van der Waals surface area contributed by atoms with Crippen LogP contribution in [0.2, 0.25) is 0 Å². The summed E-state index contributed by atoms with van der Waals surface area (Å²) in [5.74, 6) is 0.794. The van der Waals surface area contributed by atoms with Crippen LogP contribution in [-0.4, -0.2) is 17.8 Å². The Labute approximate surface area is 157 Å². The van der Waals surface area contributed by atoms with Gasteiger partial charge in [-0.25, -0.2) is 4.98 Å². The molecule has 0 unspecified atom stereocenters. The molecule has 0 spiro atoms. The van der Waals surface area contributed by atoms with Gasteiger partial charge in [0.1, 0.15) is 0 Å². The van der Waals surface area contributed by atoms with Gasteiger partial charge in [-0.2, -0.15) is 5.10 Å². The first kappa shape index (κ1) is 16.9. The van der Waals surface area contributed by atoms with E-state index >= 15 is 0 Å². The number of hydrogen-bond acceptors (Lipinski definition) is 5. The first-order valence-corrected chi connectivity index (χ1v) is 9.71. The predicted molar refractivity (Wildman–Crippen MR) is 108 cm³/mol. The second-order valence-electron chi connectivity index (χ2n) is 6.48. The van der Waals surface area contributed by atoms with Crippen LogP contribution in [-0.2, 0) is 11.3 Å². The van der Waals surface area contributed by atoms with Crippen molar-refractivity contribution >= 4 is 22.7 Å². The maximum Gasteiger partial charge on any atom is 0.203 e. The molecule has 26 heavy (non-hydrogen) atoms. The van der Waals surface area contributed by atoms with Crippen molar-refractivity contribution < 1.29 is 4.74 Å². The van der Waals surface area contributed by atoms with Crippen LogP contribution >= 0.6 is 11.3 Å². The monoisotopic (exact) mass is 363 g/mol. The van der Waals surface area contributed by atoms with Gasteiger partial charge in [0.15, 0.2) is 0 Å². The molecule has 0 aliphatic heterocycles. The molecular weight excluding hydrogens is 342 g/mol. The number of nitrogens with zero attached hydrogens (tertiary/aromatic N) is 2. The second-order valence-corrected chi connectivity index (χ2v) is 7.34. The quantitative estimate of drug-likeness (QED) is 0.443. The number of rotatable bonds is 8. The third kappa shape index (κ3) is 4.77. The SMILES string of the molecule is C(=NNc1nc(-c2ccccc2)cs1)c1cccc(COCC2CC2)c1. The molecule has 0 atom stereocenters. The molecule has 0 saturated heterocycles. The van der Waals surface area contributed by atoms with E-state index in [1.54, 1.807) is 11.3 Å². The van der Waals surface area contributed by atoms with Crippen molar-refractivity contribution in [3.05, 3.63) is 71.1 Å². The Bertz CT molecular complexity index is 872. The van der Waals surface area contributed by atoms with Gasteiger partial charge < -0.3 is 4.74 Å². The number of benzene rings is 2. The third-order valence-electron chi connectivity index (χ3n) is 4.22. The predicted octanol–water partition coefficient (Wildman–Crippen LogP) is 5.18. The summed E-state index contributed by atoms with van der Waals surface area (Å²) in [4.78, 5) is 4.57. The Balaban J connectivity index is 1.32. The summed E-state index contributed by atoms with van der Waals surface area (Å²) in [7, 11) is 0. The van der Waals surface area contributed by atoms with Gasteiger partial charge in [-0.05, 0) is 36.0 Å². The molecule has 0 radical (unpaired) electrons. The standard InChI is InChI=1S/C21H21N3OS/c1-2-7-19(8-3-1)20-15-26-21(23-20)24-22-12-17-5-4-6-18(11-17)14-25-13-16-9-10-16/h1-8,11-12,15-16H,9-10,13-14H2,(H,23,24). The van der Waals surface area contributed by atoms with Gasteiger partial charge in [-0.15, -0.1) is 11.3 Å². The smallest absolute Gasteiger partial charge is 0.203 e. The average Bonchev–Trinajstić information content (AvgIpc) is 3.38. The first-order valence-electron chi connectivity index (χ1n) is 8.83. The van der Waals surface area contributed by atoms with Crippen molar-refractivity contribution in [2.45, 2.75) is 19.4 Å². The van der Waals surface area contributed by atoms with Gasteiger partial charge in [-0.1, -0.05) is 48.5 Å². The van der Waals surface area contributed by atoms with E-state index in [2.05, 4.69) is 39.8 Å². The molecule has 132 valence electrons. The highest BCUT2D eigenvalue weighted by molar-refractivity contribution is 7.14. The Hall–Kier alpha value is -2.50. The summed E-state index contributed by atoms with van der Waals surface area (Å²) in [6.45, 7) is 1.55. The van der Waals surface area contributed by atoms with Gasteiger partial charge >= 0.3 is 0 Å². The fourth-order valence-corrected chi connectivity index (χ4v) is 3.29. The minimum absolute atomic E-state index is 0.665. The lowest BCUT2D eigenvalue weighted by atomic mass is 10.1. The molecule has 1 saturated carbocycles. The van der Waals surface area contributed by atoms with Gasteiger partial charge in [0, 0.05) is 17.6 Å².